The Morgan fingerprint density at radius 3 is 2.56 bits per heavy atom. The van der Waals surface area contributed by atoms with Crippen molar-refractivity contribution in [2.24, 2.45) is 5.10 Å². The molecule has 1 aliphatic heterocycles. The van der Waals surface area contributed by atoms with Crippen molar-refractivity contribution in [3.8, 4) is 0 Å². The molecule has 0 saturated carbocycles. The minimum atomic E-state index is -0.0872. The number of rotatable bonds is 2. The van der Waals surface area contributed by atoms with Crippen molar-refractivity contribution < 1.29 is 4.79 Å². The number of ketones is 1. The fourth-order valence-electron chi connectivity index (χ4n) is 1.83. The zero-order valence-electron chi connectivity index (χ0n) is 10.5. The maximum atomic E-state index is 11.5. The molecule has 2 rings (SSSR count). The first-order chi connectivity index (χ1) is 8.49. The van der Waals surface area contributed by atoms with Gasteiger partial charge in [0.2, 0.25) is 5.84 Å². The minimum absolute atomic E-state index is 0.0423. The van der Waals surface area contributed by atoms with Gasteiger partial charge in [-0.25, -0.2) is 10.4 Å². The number of hydrogen-bond acceptors (Lipinski definition) is 5. The van der Waals surface area contributed by atoms with Gasteiger partial charge in [0.1, 0.15) is 6.17 Å². The lowest BCUT2D eigenvalue weighted by atomic mass is 10.3. The number of benzene rings is 1. The van der Waals surface area contributed by atoms with E-state index >= 15 is 0 Å². The maximum Gasteiger partial charge on any atom is 0.206 e. The van der Waals surface area contributed by atoms with Crippen molar-refractivity contribution in [1.29, 1.82) is 0 Å². The van der Waals surface area contributed by atoms with Crippen molar-refractivity contribution >= 4 is 28.9 Å². The Morgan fingerprint density at radius 2 is 2.00 bits per heavy atom. The Balaban J connectivity index is 2.36. The van der Waals surface area contributed by atoms with E-state index in [0.29, 0.717) is 10.9 Å². The summed E-state index contributed by atoms with van der Waals surface area (Å²) in [5, 5.41) is 8.43. The number of hydrazone groups is 1. The number of nitrogens with one attached hydrogen (secondary N) is 1. The van der Waals surface area contributed by atoms with Crippen molar-refractivity contribution in [2.45, 2.75) is 20.0 Å². The summed E-state index contributed by atoms with van der Waals surface area (Å²) in [6.45, 7) is 3.46. The normalized spacial score (nSPS) is 19.8. The van der Waals surface area contributed by atoms with Crippen LogP contribution in [0.15, 0.2) is 29.4 Å². The molecule has 1 N–H and O–H groups in total. The molecule has 18 heavy (non-hydrogen) atoms. The summed E-state index contributed by atoms with van der Waals surface area (Å²) in [6, 6.07) is 7.33. The number of amidine groups is 1. The summed E-state index contributed by atoms with van der Waals surface area (Å²) < 4.78 is 0. The summed E-state index contributed by atoms with van der Waals surface area (Å²) in [5.41, 5.74) is 4.03. The molecular weight excluding hydrogens is 252 g/mol. The molecule has 1 aliphatic rings. The molecule has 1 heterocycles. The first-order valence-electron chi connectivity index (χ1n) is 5.63. The second kappa shape index (κ2) is 4.96. The second-order valence-corrected chi connectivity index (χ2v) is 4.60. The average Bonchev–Trinajstić information content (AvgIpc) is 2.30. The van der Waals surface area contributed by atoms with E-state index < -0.39 is 0 Å². The molecule has 0 aliphatic carbocycles. The van der Waals surface area contributed by atoms with Gasteiger partial charge in [-0.05, 0) is 31.2 Å². The first-order valence-corrected chi connectivity index (χ1v) is 6.01. The van der Waals surface area contributed by atoms with Gasteiger partial charge in [0, 0.05) is 19.0 Å². The Labute approximate surface area is 111 Å². The third-order valence-corrected chi connectivity index (χ3v) is 2.93. The Morgan fingerprint density at radius 1 is 1.39 bits per heavy atom. The number of Topliss-reactive ketones (excluding diaryl/α,β-unsaturated/α-hetero) is 1. The Hall–Kier alpha value is -1.59. The number of hydrogen-bond donors (Lipinski definition) is 1. The smallest absolute Gasteiger partial charge is 0.206 e. The van der Waals surface area contributed by atoms with Crippen molar-refractivity contribution in [3.05, 3.63) is 29.3 Å². The van der Waals surface area contributed by atoms with E-state index in [0.717, 1.165) is 5.69 Å². The number of carbonyl (C=O) groups excluding carboxylic acids is 1. The maximum absolute atomic E-state index is 11.5. The van der Waals surface area contributed by atoms with Gasteiger partial charge in [0.05, 0.1) is 5.69 Å². The molecule has 0 spiro atoms. The van der Waals surface area contributed by atoms with E-state index in [1.54, 1.807) is 29.2 Å². The zero-order chi connectivity index (χ0) is 13.3. The van der Waals surface area contributed by atoms with Gasteiger partial charge in [-0.3, -0.25) is 9.80 Å². The predicted octanol–water partition coefficient (Wildman–Crippen LogP) is 1.84. The third kappa shape index (κ3) is 2.47. The predicted molar refractivity (Wildman–Crippen MR) is 72.4 cm³/mol. The number of hydrazine groups is 1. The van der Waals surface area contributed by atoms with Crippen molar-refractivity contribution in [1.82, 2.24) is 10.4 Å². The van der Waals surface area contributed by atoms with Gasteiger partial charge in [-0.2, -0.15) is 0 Å². The number of carbonyl (C=O) groups is 1. The highest BCUT2D eigenvalue weighted by atomic mass is 35.5. The highest BCUT2D eigenvalue weighted by Crippen LogP contribution is 2.21. The van der Waals surface area contributed by atoms with Crippen LogP contribution in [0.4, 0.5) is 5.69 Å². The van der Waals surface area contributed by atoms with Gasteiger partial charge in [0.25, 0.3) is 0 Å². The molecule has 0 saturated heterocycles. The average molecular weight is 267 g/mol. The minimum Gasteiger partial charge on any atom is -0.291 e. The largest absolute Gasteiger partial charge is 0.291 e. The number of anilines is 1. The fourth-order valence-corrected chi connectivity index (χ4v) is 1.96. The molecule has 96 valence electrons. The van der Waals surface area contributed by atoms with Crippen LogP contribution < -0.4 is 10.4 Å². The second-order valence-electron chi connectivity index (χ2n) is 4.16. The van der Waals surface area contributed by atoms with Crippen molar-refractivity contribution in [3.63, 3.8) is 0 Å². The quantitative estimate of drug-likeness (QED) is 0.887. The van der Waals surface area contributed by atoms with Gasteiger partial charge in [-0.15, -0.1) is 5.10 Å². The van der Waals surface area contributed by atoms with Gasteiger partial charge >= 0.3 is 0 Å². The van der Waals surface area contributed by atoms with Crippen LogP contribution in [0, 0.1) is 0 Å². The first kappa shape index (κ1) is 12.9. The van der Waals surface area contributed by atoms with E-state index in [1.807, 2.05) is 19.1 Å². The highest BCUT2D eigenvalue weighted by molar-refractivity contribution is 6.37. The van der Waals surface area contributed by atoms with Crippen LogP contribution in [0.3, 0.4) is 0 Å². The molecule has 1 unspecified atom stereocenters. The lowest BCUT2D eigenvalue weighted by Crippen LogP contribution is -2.57. The molecule has 0 radical (unpaired) electrons. The monoisotopic (exact) mass is 266 g/mol. The van der Waals surface area contributed by atoms with E-state index in [9.17, 15) is 4.79 Å². The fraction of sp³-hybridized carbons (Fsp3) is 0.333. The van der Waals surface area contributed by atoms with Gasteiger partial charge in [0.15, 0.2) is 5.78 Å². The summed E-state index contributed by atoms with van der Waals surface area (Å²) in [4.78, 5) is 11.5. The molecule has 1 atom stereocenters. The van der Waals surface area contributed by atoms with E-state index in [4.69, 9.17) is 11.6 Å². The van der Waals surface area contributed by atoms with Crippen LogP contribution in [-0.2, 0) is 4.79 Å². The van der Waals surface area contributed by atoms with Crippen LogP contribution in [0.1, 0.15) is 13.8 Å². The van der Waals surface area contributed by atoms with Crippen LogP contribution in [-0.4, -0.2) is 29.8 Å². The van der Waals surface area contributed by atoms with Gasteiger partial charge < -0.3 is 0 Å². The molecule has 0 aromatic heterocycles. The van der Waals surface area contributed by atoms with Crippen LogP contribution in [0.5, 0.6) is 0 Å². The molecular formula is C12H15ClN4O. The lowest BCUT2D eigenvalue weighted by Gasteiger charge is -2.37. The summed E-state index contributed by atoms with van der Waals surface area (Å²) in [7, 11) is 1.77. The molecule has 6 heteroatoms. The Bertz CT molecular complexity index is 485. The van der Waals surface area contributed by atoms with Crippen LogP contribution >= 0.6 is 11.6 Å². The van der Waals surface area contributed by atoms with E-state index in [-0.39, 0.29) is 11.9 Å². The van der Waals surface area contributed by atoms with Crippen LogP contribution in [0.25, 0.3) is 0 Å². The zero-order valence-corrected chi connectivity index (χ0v) is 11.3. The van der Waals surface area contributed by atoms with Crippen LogP contribution in [0.2, 0.25) is 5.02 Å². The molecule has 5 nitrogen and oxygen atoms in total. The third-order valence-electron chi connectivity index (χ3n) is 2.67. The summed E-state index contributed by atoms with van der Waals surface area (Å²) in [6.07, 6.45) is -0.0423. The molecule has 1 aromatic carbocycles. The van der Waals surface area contributed by atoms with E-state index in [2.05, 4.69) is 10.5 Å². The Kier molecular flexibility index (Phi) is 3.54. The molecule has 1 aromatic rings. The number of nitrogens with zero attached hydrogens (tertiary/aromatic N) is 3. The molecule has 0 fully saturated rings. The highest BCUT2D eigenvalue weighted by Gasteiger charge is 2.25. The summed E-state index contributed by atoms with van der Waals surface area (Å²) >= 11 is 5.86. The topological polar surface area (TPSA) is 47.9 Å². The SMILES string of the molecule is CC(=O)C1=NN(c2ccc(Cl)cc2)C(C)NN1C. The molecule has 0 bridgehead atoms. The number of halogens is 1. The van der Waals surface area contributed by atoms with Crippen molar-refractivity contribution in [2.75, 3.05) is 12.1 Å². The standard InChI is InChI=1S/C12H15ClN4O/c1-8(18)12-15-17(9(2)14-16(12)3)11-6-4-10(13)5-7-11/h4-7,9,14H,1-3H3. The van der Waals surface area contributed by atoms with E-state index in [1.165, 1.54) is 6.92 Å². The number of likely N-dealkylation sites (N-methyl/N-ethyl adjacent to an activating group) is 1. The summed E-state index contributed by atoms with van der Waals surface area (Å²) in [5.74, 6) is 0.291. The molecule has 0 amide bonds. The lowest BCUT2D eigenvalue weighted by molar-refractivity contribution is -0.112. The van der Waals surface area contributed by atoms with Gasteiger partial charge in [-0.1, -0.05) is 11.6 Å².